The fourth-order valence-corrected chi connectivity index (χ4v) is 5.85. The van der Waals surface area contributed by atoms with Crippen LogP contribution in [0.25, 0.3) is 11.3 Å². The molecular weight excluding hydrogens is 442 g/mol. The molecule has 2 aliphatic heterocycles. The molecule has 0 radical (unpaired) electrons. The van der Waals surface area contributed by atoms with Gasteiger partial charge >= 0.3 is 0 Å². The predicted octanol–water partition coefficient (Wildman–Crippen LogP) is 2.47. The third kappa shape index (κ3) is 4.73. The first-order chi connectivity index (χ1) is 16.9. The zero-order valence-corrected chi connectivity index (χ0v) is 20.4. The van der Waals surface area contributed by atoms with Crippen LogP contribution in [0.2, 0.25) is 0 Å². The van der Waals surface area contributed by atoms with E-state index in [0.29, 0.717) is 30.6 Å². The summed E-state index contributed by atoms with van der Waals surface area (Å²) in [6, 6.07) is 10.4. The second-order valence-electron chi connectivity index (χ2n) is 9.98. The zero-order valence-electron chi connectivity index (χ0n) is 20.4. The van der Waals surface area contributed by atoms with Crippen molar-refractivity contribution in [2.75, 3.05) is 14.1 Å². The molecule has 0 bridgehead atoms. The van der Waals surface area contributed by atoms with Crippen LogP contribution >= 0.6 is 0 Å². The average molecular weight is 476 g/mol. The maximum Gasteiger partial charge on any atom is 0.255 e. The lowest BCUT2D eigenvalue weighted by molar-refractivity contribution is -0.136. The molecule has 1 aromatic heterocycles. The van der Waals surface area contributed by atoms with Crippen LogP contribution in [-0.2, 0) is 22.7 Å². The summed E-state index contributed by atoms with van der Waals surface area (Å²) in [5.74, 6) is -0.824. The number of likely N-dealkylation sites (N-methyl/N-ethyl adjacent to an activating group) is 2. The number of hydrogen-bond acceptors (Lipinski definition) is 6. The van der Waals surface area contributed by atoms with E-state index >= 15 is 0 Å². The fraction of sp³-hybridized carbons (Fsp3) is 0.481. The number of nitrogens with zero attached hydrogens (tertiary/aromatic N) is 3. The van der Waals surface area contributed by atoms with E-state index in [9.17, 15) is 14.4 Å². The van der Waals surface area contributed by atoms with Crippen molar-refractivity contribution in [1.29, 1.82) is 0 Å². The number of fused-ring (bicyclic) bond motifs is 1. The Morgan fingerprint density at radius 2 is 1.94 bits per heavy atom. The van der Waals surface area contributed by atoms with Crippen LogP contribution in [0.5, 0.6) is 0 Å². The number of benzene rings is 1. The lowest BCUT2D eigenvalue weighted by Crippen LogP contribution is -2.52. The molecule has 35 heavy (non-hydrogen) atoms. The molecular formula is C27H33N5O3. The third-order valence-electron chi connectivity index (χ3n) is 7.74. The first-order valence-electron chi connectivity index (χ1n) is 12.5. The van der Waals surface area contributed by atoms with Gasteiger partial charge in [-0.15, -0.1) is 0 Å². The number of carbonyl (C=O) groups excluding carboxylic acids is 3. The van der Waals surface area contributed by atoms with E-state index in [-0.39, 0.29) is 24.1 Å². The molecule has 3 amide bonds. The topological polar surface area (TPSA) is 94.6 Å². The Bertz CT molecular complexity index is 1150. The smallest absolute Gasteiger partial charge is 0.255 e. The molecule has 3 heterocycles. The molecule has 3 aliphatic rings. The lowest BCUT2D eigenvalue weighted by atomic mass is 9.89. The highest BCUT2D eigenvalue weighted by atomic mass is 16.2. The Morgan fingerprint density at radius 3 is 2.74 bits per heavy atom. The molecule has 0 spiro atoms. The molecule has 1 saturated carbocycles. The molecule has 2 N–H and O–H groups in total. The van der Waals surface area contributed by atoms with Gasteiger partial charge in [0.05, 0.1) is 5.69 Å². The van der Waals surface area contributed by atoms with E-state index in [2.05, 4.69) is 46.7 Å². The van der Waals surface area contributed by atoms with Gasteiger partial charge in [0.15, 0.2) is 0 Å². The predicted molar refractivity (Wildman–Crippen MR) is 132 cm³/mol. The van der Waals surface area contributed by atoms with Gasteiger partial charge in [-0.25, -0.2) is 0 Å². The van der Waals surface area contributed by atoms with Crippen molar-refractivity contribution < 1.29 is 14.4 Å². The highest BCUT2D eigenvalue weighted by molar-refractivity contribution is 6.05. The first kappa shape index (κ1) is 23.6. The number of pyridine rings is 1. The van der Waals surface area contributed by atoms with Crippen molar-refractivity contribution in [3.8, 4) is 11.3 Å². The van der Waals surface area contributed by atoms with E-state index in [1.165, 1.54) is 31.2 Å². The lowest BCUT2D eigenvalue weighted by Gasteiger charge is -2.38. The molecule has 1 unspecified atom stereocenters. The molecule has 2 aromatic rings. The summed E-state index contributed by atoms with van der Waals surface area (Å²) < 4.78 is 0. The van der Waals surface area contributed by atoms with Crippen molar-refractivity contribution in [2.24, 2.45) is 0 Å². The number of aromatic nitrogens is 1. The van der Waals surface area contributed by atoms with Crippen molar-refractivity contribution in [1.82, 2.24) is 25.4 Å². The van der Waals surface area contributed by atoms with Gasteiger partial charge < -0.3 is 10.2 Å². The van der Waals surface area contributed by atoms with Gasteiger partial charge in [0, 0.05) is 48.9 Å². The summed E-state index contributed by atoms with van der Waals surface area (Å²) in [6.07, 6.45) is 7.46. The van der Waals surface area contributed by atoms with Crippen LogP contribution in [0.4, 0.5) is 0 Å². The number of imide groups is 1. The number of nitrogens with one attached hydrogen (secondary N) is 2. The molecule has 8 heteroatoms. The second kappa shape index (κ2) is 9.87. The Hall–Kier alpha value is -3.10. The summed E-state index contributed by atoms with van der Waals surface area (Å²) in [5, 5.41) is 5.84. The Labute approximate surface area is 206 Å². The number of hydrogen-bond donors (Lipinski definition) is 2. The van der Waals surface area contributed by atoms with Gasteiger partial charge in [0.1, 0.15) is 6.04 Å². The van der Waals surface area contributed by atoms with Gasteiger partial charge in [0.2, 0.25) is 11.8 Å². The zero-order chi connectivity index (χ0) is 24.5. The Morgan fingerprint density at radius 1 is 1.11 bits per heavy atom. The maximum absolute atomic E-state index is 13.0. The minimum Gasteiger partial charge on any atom is -0.322 e. The summed E-state index contributed by atoms with van der Waals surface area (Å²) in [7, 11) is 4.26. The third-order valence-corrected chi connectivity index (χ3v) is 7.74. The average Bonchev–Trinajstić information content (AvgIpc) is 3.19. The summed E-state index contributed by atoms with van der Waals surface area (Å²) in [6.45, 7) is 1.22. The van der Waals surface area contributed by atoms with Gasteiger partial charge in [-0.2, -0.15) is 0 Å². The first-order valence-corrected chi connectivity index (χ1v) is 12.5. The van der Waals surface area contributed by atoms with E-state index < -0.39 is 6.04 Å². The van der Waals surface area contributed by atoms with Gasteiger partial charge in [-0.3, -0.25) is 29.6 Å². The second-order valence-corrected chi connectivity index (χ2v) is 9.98. The van der Waals surface area contributed by atoms with E-state index in [0.717, 1.165) is 23.4 Å². The van der Waals surface area contributed by atoms with Crippen LogP contribution in [0.1, 0.15) is 60.0 Å². The summed E-state index contributed by atoms with van der Waals surface area (Å²) in [4.78, 5) is 45.4. The number of amides is 3. The number of piperidine rings is 1. The molecule has 8 nitrogen and oxygen atoms in total. The molecule has 184 valence electrons. The van der Waals surface area contributed by atoms with Gasteiger partial charge in [0.25, 0.3) is 5.91 Å². The molecule has 3 atom stereocenters. The standard InChI is InChI=1S/C27H33N5O3/c1-28-21-5-3-4-6-23(21)31(2)15-17-11-12-29-22(13-17)18-7-8-20-19(14-18)16-32(27(20)35)24-9-10-25(33)30-26(24)34/h7-8,11-14,21,23-24,28H,3-6,9-10,15-16H2,1-2H3,(H,30,33,34)/t21-,23-,24?/m1/s1. The minimum absolute atomic E-state index is 0.157. The van der Waals surface area contributed by atoms with Crippen LogP contribution in [0, 0.1) is 0 Å². The SMILES string of the molecule is CN[C@@H]1CCCC[C@H]1N(C)Cc1ccnc(-c2ccc3c(c2)CN(C2CCC(=O)NC2=O)C3=O)c1. The van der Waals surface area contributed by atoms with Crippen molar-refractivity contribution in [2.45, 2.75) is 69.7 Å². The number of carbonyl (C=O) groups is 3. The highest BCUT2D eigenvalue weighted by Crippen LogP contribution is 2.31. The molecule has 1 aromatic carbocycles. The summed E-state index contributed by atoms with van der Waals surface area (Å²) in [5.41, 5.74) is 4.54. The Balaban J connectivity index is 1.32. The Kier molecular flexibility index (Phi) is 6.67. The van der Waals surface area contributed by atoms with Crippen LogP contribution < -0.4 is 10.6 Å². The maximum atomic E-state index is 13.0. The van der Waals surface area contributed by atoms with Crippen molar-refractivity contribution >= 4 is 17.7 Å². The van der Waals surface area contributed by atoms with E-state index in [1.54, 1.807) is 4.90 Å². The van der Waals surface area contributed by atoms with E-state index in [4.69, 9.17) is 0 Å². The normalized spacial score (nSPS) is 24.6. The van der Waals surface area contributed by atoms with Gasteiger partial charge in [-0.1, -0.05) is 18.9 Å². The molecule has 5 rings (SSSR count). The largest absolute Gasteiger partial charge is 0.322 e. The van der Waals surface area contributed by atoms with Crippen LogP contribution in [0.3, 0.4) is 0 Å². The van der Waals surface area contributed by atoms with Crippen molar-refractivity contribution in [3.05, 3.63) is 53.2 Å². The van der Waals surface area contributed by atoms with E-state index in [1.807, 2.05) is 24.4 Å². The van der Waals surface area contributed by atoms with Gasteiger partial charge in [-0.05, 0) is 68.8 Å². The van der Waals surface area contributed by atoms with Crippen LogP contribution in [-0.4, -0.2) is 64.7 Å². The monoisotopic (exact) mass is 475 g/mol. The molecule has 1 aliphatic carbocycles. The number of rotatable bonds is 6. The molecule has 2 fully saturated rings. The summed E-state index contributed by atoms with van der Waals surface area (Å²) >= 11 is 0. The minimum atomic E-state index is -0.603. The van der Waals surface area contributed by atoms with Crippen LogP contribution in [0.15, 0.2) is 36.5 Å². The molecule has 1 saturated heterocycles. The quantitative estimate of drug-likeness (QED) is 0.624. The van der Waals surface area contributed by atoms with Crippen molar-refractivity contribution in [3.63, 3.8) is 0 Å². The highest BCUT2D eigenvalue weighted by Gasteiger charge is 2.39. The fourth-order valence-electron chi connectivity index (χ4n) is 5.85.